The molecule has 11 heteroatoms. The topological polar surface area (TPSA) is 140 Å². The second-order valence-corrected chi connectivity index (χ2v) is 7.65. The van der Waals surface area contributed by atoms with Crippen LogP contribution < -0.4 is 15.8 Å². The number of nitrogens with two attached hydrogens (primary N) is 1. The quantitative estimate of drug-likeness (QED) is 0.632. The number of hydrogen-bond acceptors (Lipinski definition) is 7. The Kier molecular flexibility index (Phi) is 6.66. The van der Waals surface area contributed by atoms with Gasteiger partial charge in [0.2, 0.25) is 15.9 Å². The first kappa shape index (κ1) is 19.8. The zero-order chi connectivity index (χ0) is 19.2. The molecular weight excluding hydrogens is 380 g/mol. The highest BCUT2D eigenvalue weighted by Gasteiger charge is 2.10. The first-order valence-electron chi connectivity index (χ1n) is 7.46. The van der Waals surface area contributed by atoms with Crippen LogP contribution in [-0.4, -0.2) is 39.1 Å². The van der Waals surface area contributed by atoms with Crippen molar-refractivity contribution in [2.45, 2.75) is 17.7 Å². The molecule has 0 radical (unpaired) electrons. The lowest BCUT2D eigenvalue weighted by atomic mass is 10.1. The summed E-state index contributed by atoms with van der Waals surface area (Å²) >= 11 is 1.20. The molecule has 4 N–H and O–H groups in total. The van der Waals surface area contributed by atoms with Gasteiger partial charge in [-0.25, -0.2) is 23.3 Å². The molecule has 1 aromatic carbocycles. The summed E-state index contributed by atoms with van der Waals surface area (Å²) in [7, 11) is -2.46. The molecule has 1 heterocycles. The van der Waals surface area contributed by atoms with Gasteiger partial charge >= 0.3 is 6.09 Å². The van der Waals surface area contributed by atoms with Crippen LogP contribution in [0.1, 0.15) is 11.3 Å². The van der Waals surface area contributed by atoms with Crippen LogP contribution >= 0.6 is 11.3 Å². The Balaban J connectivity index is 1.78. The molecule has 0 bridgehead atoms. The molecular formula is C15H18N4O5S2. The number of benzene rings is 1. The molecule has 0 aliphatic carbocycles. The number of nitrogens with one attached hydrogen (secondary N) is 2. The molecule has 0 spiro atoms. The molecule has 2 amide bonds. The number of nitrogens with zero attached hydrogens (tertiary/aromatic N) is 1. The largest absolute Gasteiger partial charge is 0.453 e. The van der Waals surface area contributed by atoms with Crippen LogP contribution in [-0.2, 0) is 32.4 Å². The molecule has 0 aliphatic heterocycles. The summed E-state index contributed by atoms with van der Waals surface area (Å²) in [6.07, 6.45) is 0.0100. The molecule has 140 valence electrons. The lowest BCUT2D eigenvalue weighted by Gasteiger charge is -2.05. The molecule has 0 aliphatic rings. The van der Waals surface area contributed by atoms with Crippen LogP contribution in [0.15, 0.2) is 34.5 Å². The number of carbonyl (C=O) groups excluding carboxylic acids is 2. The number of anilines is 1. The number of sulfonamides is 1. The number of ether oxygens (including phenoxy) is 1. The first-order chi connectivity index (χ1) is 12.3. The Morgan fingerprint density at radius 2 is 1.96 bits per heavy atom. The van der Waals surface area contributed by atoms with Crippen LogP contribution in [0.3, 0.4) is 0 Å². The van der Waals surface area contributed by atoms with Gasteiger partial charge in [0.05, 0.1) is 24.1 Å². The van der Waals surface area contributed by atoms with Gasteiger partial charge in [-0.3, -0.25) is 10.1 Å². The van der Waals surface area contributed by atoms with E-state index < -0.39 is 16.1 Å². The van der Waals surface area contributed by atoms with Gasteiger partial charge in [-0.2, -0.15) is 0 Å². The summed E-state index contributed by atoms with van der Waals surface area (Å²) in [4.78, 5) is 27.2. The highest BCUT2D eigenvalue weighted by Crippen LogP contribution is 2.16. The van der Waals surface area contributed by atoms with E-state index in [0.717, 1.165) is 5.56 Å². The molecule has 0 saturated carbocycles. The van der Waals surface area contributed by atoms with Gasteiger partial charge in [0.25, 0.3) is 0 Å². The second-order valence-electron chi connectivity index (χ2n) is 5.23. The normalized spacial score (nSPS) is 11.0. The Bertz CT molecular complexity index is 878. The van der Waals surface area contributed by atoms with Crippen molar-refractivity contribution in [3.05, 3.63) is 40.9 Å². The fourth-order valence-corrected chi connectivity index (χ4v) is 3.21. The Morgan fingerprint density at radius 1 is 1.27 bits per heavy atom. The van der Waals surface area contributed by atoms with Gasteiger partial charge in [-0.15, -0.1) is 11.3 Å². The van der Waals surface area contributed by atoms with Crippen molar-refractivity contribution >= 4 is 38.5 Å². The number of methoxy groups -OCH3 is 1. The summed E-state index contributed by atoms with van der Waals surface area (Å²) in [5, 5.41) is 12.3. The van der Waals surface area contributed by atoms with E-state index >= 15 is 0 Å². The van der Waals surface area contributed by atoms with E-state index in [1.54, 1.807) is 17.5 Å². The highest BCUT2D eigenvalue weighted by atomic mass is 32.2. The number of hydrogen-bond donors (Lipinski definition) is 3. The summed E-state index contributed by atoms with van der Waals surface area (Å²) in [6, 6.07) is 6.16. The van der Waals surface area contributed by atoms with Crippen molar-refractivity contribution in [1.82, 2.24) is 10.3 Å². The lowest BCUT2D eigenvalue weighted by molar-refractivity contribution is -0.120. The fourth-order valence-electron chi connectivity index (χ4n) is 2.00. The van der Waals surface area contributed by atoms with Crippen molar-refractivity contribution in [3.8, 4) is 0 Å². The van der Waals surface area contributed by atoms with Crippen molar-refractivity contribution < 1.29 is 22.7 Å². The van der Waals surface area contributed by atoms with Crippen LogP contribution in [0.5, 0.6) is 0 Å². The van der Waals surface area contributed by atoms with E-state index in [4.69, 9.17) is 5.14 Å². The zero-order valence-electron chi connectivity index (χ0n) is 13.9. The van der Waals surface area contributed by atoms with Gasteiger partial charge < -0.3 is 10.1 Å². The van der Waals surface area contributed by atoms with Crippen molar-refractivity contribution in [2.24, 2.45) is 5.14 Å². The molecule has 26 heavy (non-hydrogen) atoms. The molecule has 0 unspecified atom stereocenters. The van der Waals surface area contributed by atoms with E-state index in [1.165, 1.54) is 30.6 Å². The molecule has 2 rings (SSSR count). The number of primary sulfonamides is 1. The van der Waals surface area contributed by atoms with Crippen molar-refractivity contribution in [1.29, 1.82) is 0 Å². The maximum atomic E-state index is 11.9. The fraction of sp³-hybridized carbons (Fsp3) is 0.267. The monoisotopic (exact) mass is 398 g/mol. The van der Waals surface area contributed by atoms with Crippen LogP contribution in [0.25, 0.3) is 0 Å². The first-order valence-corrected chi connectivity index (χ1v) is 9.88. The van der Waals surface area contributed by atoms with E-state index in [-0.39, 0.29) is 17.2 Å². The van der Waals surface area contributed by atoms with E-state index in [9.17, 15) is 18.0 Å². The summed E-state index contributed by atoms with van der Waals surface area (Å²) in [5.74, 6) is -0.207. The van der Waals surface area contributed by atoms with Gasteiger partial charge in [0, 0.05) is 11.9 Å². The molecule has 2 aromatic rings. The third-order valence-electron chi connectivity index (χ3n) is 3.28. The predicted molar refractivity (Wildman–Crippen MR) is 96.4 cm³/mol. The van der Waals surface area contributed by atoms with Gasteiger partial charge in [-0.05, 0) is 24.1 Å². The minimum atomic E-state index is -3.71. The maximum Gasteiger partial charge on any atom is 0.413 e. The van der Waals surface area contributed by atoms with E-state index in [0.29, 0.717) is 23.8 Å². The summed E-state index contributed by atoms with van der Waals surface area (Å²) < 4.78 is 26.8. The predicted octanol–water partition coefficient (Wildman–Crippen LogP) is 0.870. The average molecular weight is 398 g/mol. The number of rotatable bonds is 7. The minimum Gasteiger partial charge on any atom is -0.453 e. The molecule has 0 fully saturated rings. The maximum absolute atomic E-state index is 11.9. The van der Waals surface area contributed by atoms with Crippen molar-refractivity contribution in [2.75, 3.05) is 19.0 Å². The molecule has 0 saturated heterocycles. The summed E-state index contributed by atoms with van der Waals surface area (Å²) in [6.45, 7) is 0.394. The molecule has 9 nitrogen and oxygen atoms in total. The van der Waals surface area contributed by atoms with Crippen LogP contribution in [0.2, 0.25) is 0 Å². The molecule has 1 aromatic heterocycles. The number of carbonyl (C=O) groups is 2. The smallest absolute Gasteiger partial charge is 0.413 e. The third-order valence-corrected chi connectivity index (χ3v) is 5.01. The minimum absolute atomic E-state index is 0.0465. The number of thiazole rings is 1. The van der Waals surface area contributed by atoms with Gasteiger partial charge in [0.15, 0.2) is 5.13 Å². The summed E-state index contributed by atoms with van der Waals surface area (Å²) in [5.41, 5.74) is 1.41. The van der Waals surface area contributed by atoms with Crippen LogP contribution in [0, 0.1) is 0 Å². The van der Waals surface area contributed by atoms with E-state index in [2.05, 4.69) is 20.4 Å². The second kappa shape index (κ2) is 8.74. The Hall–Kier alpha value is -2.50. The molecule has 0 atom stereocenters. The van der Waals surface area contributed by atoms with E-state index in [1.807, 2.05) is 0 Å². The Morgan fingerprint density at radius 3 is 2.58 bits per heavy atom. The standard InChI is InChI=1S/C15H18N4O5S2/c1-24-15(21)19-14-18-11(9-25-14)8-13(20)17-7-6-10-2-4-12(5-3-10)26(16,22)23/h2-5,9H,6-8H2,1H3,(H,17,20)(H2,16,22,23)(H,18,19,21). The van der Waals surface area contributed by atoms with Crippen LogP contribution in [0.4, 0.5) is 9.93 Å². The average Bonchev–Trinajstić information content (AvgIpc) is 3.01. The SMILES string of the molecule is COC(=O)Nc1nc(CC(=O)NCCc2ccc(S(N)(=O)=O)cc2)cs1. The van der Waals surface area contributed by atoms with Gasteiger partial charge in [0.1, 0.15) is 0 Å². The Labute approximate surface area is 154 Å². The number of amides is 2. The third kappa shape index (κ3) is 6.10. The zero-order valence-corrected chi connectivity index (χ0v) is 15.5. The number of aromatic nitrogens is 1. The lowest BCUT2D eigenvalue weighted by Crippen LogP contribution is -2.27. The van der Waals surface area contributed by atoms with Gasteiger partial charge in [-0.1, -0.05) is 12.1 Å². The highest BCUT2D eigenvalue weighted by molar-refractivity contribution is 7.89. The van der Waals surface area contributed by atoms with Crippen molar-refractivity contribution in [3.63, 3.8) is 0 Å².